The van der Waals surface area contributed by atoms with E-state index in [1.807, 2.05) is 54.9 Å². The minimum Gasteiger partial charge on any atom is -0.201 e. The summed E-state index contributed by atoms with van der Waals surface area (Å²) in [5.41, 5.74) is 5.26. The van der Waals surface area contributed by atoms with E-state index in [0.717, 1.165) is 41.6 Å². The molecule has 0 spiro atoms. The second-order valence-electron chi connectivity index (χ2n) is 7.84. The highest BCUT2D eigenvalue weighted by atomic mass is 14.9. The summed E-state index contributed by atoms with van der Waals surface area (Å²) in [7, 11) is 1.83. The van der Waals surface area contributed by atoms with Crippen molar-refractivity contribution in [2.45, 2.75) is 58.6 Å². The van der Waals surface area contributed by atoms with Crippen LogP contribution >= 0.6 is 0 Å². The molecule has 2 aromatic carbocycles. The molecule has 1 saturated carbocycles. The van der Waals surface area contributed by atoms with Crippen molar-refractivity contribution in [3.05, 3.63) is 77.0 Å². The van der Waals surface area contributed by atoms with E-state index >= 15 is 0 Å². The smallest absolute Gasteiger partial charge is 0.201 e. The molecule has 0 bridgehead atoms. The van der Waals surface area contributed by atoms with E-state index in [1.54, 1.807) is 18.3 Å². The minimum absolute atomic E-state index is 0.238. The van der Waals surface area contributed by atoms with Crippen molar-refractivity contribution in [3.63, 3.8) is 0 Å². The Balaban J connectivity index is 1.93. The Morgan fingerprint density at radius 2 is 1.68 bits per heavy atom. The Bertz CT molecular complexity index is 1240. The average Bonchev–Trinajstić information content (AvgIpc) is 2.79. The van der Waals surface area contributed by atoms with Crippen LogP contribution in [0.4, 0.5) is 0 Å². The van der Waals surface area contributed by atoms with Crippen LogP contribution in [-0.2, 0) is 7.05 Å². The molecule has 1 aliphatic carbocycles. The summed E-state index contributed by atoms with van der Waals surface area (Å²) in [6.07, 6.45) is 5.86. The Kier molecular flexibility index (Phi) is 3.45. The number of rotatable bonds is 3. The third kappa shape index (κ3) is 3.63. The maximum atomic E-state index is 9.22. The zero-order valence-corrected chi connectivity index (χ0v) is 16.7. The first kappa shape index (κ1) is 12.2. The van der Waals surface area contributed by atoms with Gasteiger partial charge < -0.3 is 0 Å². The molecule has 0 N–H and O–H groups in total. The summed E-state index contributed by atoms with van der Waals surface area (Å²) in [5, 5.41) is 0. The summed E-state index contributed by atoms with van der Waals surface area (Å²) >= 11 is 0. The molecule has 0 saturated heterocycles. The van der Waals surface area contributed by atoms with Crippen LogP contribution in [0.25, 0.3) is 22.4 Å². The summed E-state index contributed by atoms with van der Waals surface area (Å²) in [5.74, 6) is -0.926. The van der Waals surface area contributed by atoms with Gasteiger partial charge in [-0.15, -0.1) is 0 Å². The summed E-state index contributed by atoms with van der Waals surface area (Å²) in [6.45, 7) is -2.56. The summed E-state index contributed by atoms with van der Waals surface area (Å²) < 4.78 is 59.3. The molecule has 3 aromatic rings. The van der Waals surface area contributed by atoms with Crippen LogP contribution in [0.5, 0.6) is 0 Å². The lowest BCUT2D eigenvalue weighted by molar-refractivity contribution is -0.660. The fraction of sp³-hybridized carbons (Fsp3) is 0.370. The Hall–Kier alpha value is -2.41. The molecule has 4 rings (SSSR count). The van der Waals surface area contributed by atoms with Gasteiger partial charge in [0.25, 0.3) is 0 Å². The first-order chi connectivity index (χ1) is 16.3. The Labute approximate surface area is 179 Å². The van der Waals surface area contributed by atoms with Gasteiger partial charge >= 0.3 is 0 Å². The number of nitrogens with zero attached hydrogens (tertiary/aromatic N) is 1. The molecule has 0 atom stereocenters. The molecule has 1 fully saturated rings. The lowest BCUT2D eigenvalue weighted by atomic mass is 9.82. The van der Waals surface area contributed by atoms with Crippen LogP contribution in [0.2, 0.25) is 0 Å². The van der Waals surface area contributed by atoms with E-state index in [0.29, 0.717) is 29.5 Å². The average molecular weight is 378 g/mol. The highest BCUT2D eigenvalue weighted by molar-refractivity contribution is 5.74. The van der Waals surface area contributed by atoms with Gasteiger partial charge in [-0.1, -0.05) is 55.7 Å². The molecule has 144 valence electrons. The lowest BCUT2D eigenvalue weighted by Crippen LogP contribution is -2.32. The van der Waals surface area contributed by atoms with Crippen LogP contribution in [0.15, 0.2) is 54.7 Å². The first-order valence-corrected chi connectivity index (χ1v) is 10.1. The third-order valence-corrected chi connectivity index (χ3v) is 5.86. The van der Waals surface area contributed by atoms with E-state index in [1.165, 1.54) is 0 Å². The van der Waals surface area contributed by atoms with Gasteiger partial charge in [-0.05, 0) is 73.2 Å². The standard InChI is InChI=1S/C27H32N/c1-19-10-8-9-13-24(19)23-15-14-20(2)26(16-23)27-17-25(21(3)18-28(27)4)22-11-6-5-7-12-22/h8-10,13-18,22H,5-7,11-12H2,1-4H3/q+1/i1D3,3D3,22D. The molecule has 0 radical (unpaired) electrons. The Morgan fingerprint density at radius 1 is 0.893 bits per heavy atom. The fourth-order valence-electron chi connectivity index (χ4n) is 4.26. The van der Waals surface area contributed by atoms with Crippen molar-refractivity contribution in [2.24, 2.45) is 7.05 Å². The maximum absolute atomic E-state index is 9.22. The van der Waals surface area contributed by atoms with Gasteiger partial charge in [-0.25, -0.2) is 4.57 Å². The molecule has 0 unspecified atom stereocenters. The predicted octanol–water partition coefficient (Wildman–Crippen LogP) is 6.82. The van der Waals surface area contributed by atoms with E-state index in [4.69, 9.17) is 8.22 Å². The van der Waals surface area contributed by atoms with Gasteiger partial charge in [-0.2, -0.15) is 0 Å². The van der Waals surface area contributed by atoms with Gasteiger partial charge in [0.2, 0.25) is 5.69 Å². The molecule has 1 heterocycles. The number of pyridine rings is 1. The highest BCUT2D eigenvalue weighted by Crippen LogP contribution is 2.36. The fourth-order valence-corrected chi connectivity index (χ4v) is 4.26. The van der Waals surface area contributed by atoms with E-state index in [2.05, 4.69) is 0 Å². The zero-order valence-electron chi connectivity index (χ0n) is 23.7. The van der Waals surface area contributed by atoms with Crippen molar-refractivity contribution in [1.29, 1.82) is 0 Å². The van der Waals surface area contributed by atoms with Crippen molar-refractivity contribution >= 4 is 0 Å². The normalized spacial score (nSPS) is 20.7. The van der Waals surface area contributed by atoms with Gasteiger partial charge in [-0.3, -0.25) is 0 Å². The maximum Gasteiger partial charge on any atom is 0.212 e. The quantitative estimate of drug-likeness (QED) is 0.441. The van der Waals surface area contributed by atoms with Gasteiger partial charge in [0.1, 0.15) is 7.05 Å². The number of benzene rings is 2. The van der Waals surface area contributed by atoms with Crippen molar-refractivity contribution in [3.8, 4) is 22.4 Å². The second kappa shape index (κ2) is 7.91. The highest BCUT2D eigenvalue weighted by Gasteiger charge is 2.23. The molecular weight excluding hydrogens is 338 g/mol. The third-order valence-electron chi connectivity index (χ3n) is 5.86. The second-order valence-corrected chi connectivity index (χ2v) is 7.84. The van der Waals surface area contributed by atoms with Crippen LogP contribution in [0.1, 0.15) is 69.8 Å². The van der Waals surface area contributed by atoms with E-state index < -0.39 is 19.6 Å². The minimum atomic E-state index is -2.31. The monoisotopic (exact) mass is 377 g/mol. The molecule has 1 heteroatoms. The van der Waals surface area contributed by atoms with Crippen LogP contribution in [0.3, 0.4) is 0 Å². The van der Waals surface area contributed by atoms with Crippen molar-refractivity contribution < 1.29 is 14.2 Å². The Morgan fingerprint density at radius 3 is 2.46 bits per heavy atom. The molecule has 0 aliphatic heterocycles. The van der Waals surface area contributed by atoms with Gasteiger partial charge in [0.15, 0.2) is 6.20 Å². The SMILES string of the molecule is [2H]C([2H])([2H])c1ccccc1-c1ccc(C)c(-c2cc(C3([2H])CCCCC3)c(C([2H])([2H])[2H])c[n+]2C)c1. The molecule has 1 aliphatic rings. The summed E-state index contributed by atoms with van der Waals surface area (Å²) in [4.78, 5) is 0. The lowest BCUT2D eigenvalue weighted by Gasteiger charge is -2.23. The van der Waals surface area contributed by atoms with Crippen LogP contribution in [0, 0.1) is 20.6 Å². The number of aromatic nitrogens is 1. The number of hydrogen-bond donors (Lipinski definition) is 0. The van der Waals surface area contributed by atoms with E-state index in [9.17, 15) is 1.37 Å². The number of aryl methyl sites for hydroxylation is 4. The summed E-state index contributed by atoms with van der Waals surface area (Å²) in [6, 6.07) is 14.8. The van der Waals surface area contributed by atoms with Crippen molar-refractivity contribution in [1.82, 2.24) is 0 Å². The molecule has 28 heavy (non-hydrogen) atoms. The zero-order chi connectivity index (χ0) is 25.6. The molecule has 1 aromatic heterocycles. The largest absolute Gasteiger partial charge is 0.212 e. The van der Waals surface area contributed by atoms with Crippen LogP contribution in [-0.4, -0.2) is 0 Å². The first-order valence-electron chi connectivity index (χ1n) is 13.6. The van der Waals surface area contributed by atoms with E-state index in [-0.39, 0.29) is 5.56 Å². The number of hydrogen-bond acceptors (Lipinski definition) is 0. The van der Waals surface area contributed by atoms with Gasteiger partial charge in [0, 0.05) is 26.8 Å². The predicted molar refractivity (Wildman–Crippen MR) is 119 cm³/mol. The molecular formula is C27H32N+. The molecule has 1 nitrogen and oxygen atoms in total. The molecule has 0 amide bonds. The van der Waals surface area contributed by atoms with Gasteiger partial charge in [0.05, 0.1) is 0 Å². The van der Waals surface area contributed by atoms with Crippen LogP contribution < -0.4 is 4.57 Å². The topological polar surface area (TPSA) is 3.88 Å². The van der Waals surface area contributed by atoms with Crippen molar-refractivity contribution in [2.75, 3.05) is 0 Å².